The van der Waals surface area contributed by atoms with Crippen molar-refractivity contribution in [2.45, 2.75) is 26.8 Å². The van der Waals surface area contributed by atoms with Crippen LogP contribution in [0, 0.1) is 13.8 Å². The fourth-order valence-electron chi connectivity index (χ4n) is 4.48. The van der Waals surface area contributed by atoms with Crippen LogP contribution in [0.3, 0.4) is 0 Å². The molecule has 0 unspecified atom stereocenters. The van der Waals surface area contributed by atoms with Gasteiger partial charge < -0.3 is 10.2 Å². The second kappa shape index (κ2) is 7.01. The van der Waals surface area contributed by atoms with Gasteiger partial charge in [-0.25, -0.2) is 0 Å². The highest BCUT2D eigenvalue weighted by Crippen LogP contribution is 2.30. The molecule has 1 aliphatic heterocycles. The number of hydrogen-bond donors (Lipinski definition) is 1. The van der Waals surface area contributed by atoms with Crippen molar-refractivity contribution in [3.05, 3.63) is 65.2 Å². The van der Waals surface area contributed by atoms with Crippen LogP contribution in [-0.2, 0) is 20.0 Å². The maximum Gasteiger partial charge on any atom is 0.180 e. The molecule has 5 heterocycles. The summed E-state index contributed by atoms with van der Waals surface area (Å²) in [6.45, 7) is 5.80. The molecule has 0 spiro atoms. The Kier molecular flexibility index (Phi) is 4.11. The summed E-state index contributed by atoms with van der Waals surface area (Å²) in [6, 6.07) is 10.4. The molecule has 1 aliphatic rings. The molecule has 32 heavy (non-hydrogen) atoms. The molecule has 0 atom stereocenters. The number of fused-ring (bicyclic) bond motifs is 3. The van der Waals surface area contributed by atoms with Crippen molar-refractivity contribution in [2.75, 3.05) is 16.8 Å². The second-order valence-corrected chi connectivity index (χ2v) is 8.29. The van der Waals surface area contributed by atoms with E-state index in [2.05, 4.69) is 57.6 Å². The van der Waals surface area contributed by atoms with Gasteiger partial charge in [0.05, 0.1) is 17.4 Å². The number of nitrogens with zero attached hydrogens (tertiary/aromatic N) is 8. The molecular weight excluding hydrogens is 402 g/mol. The molecule has 6 rings (SSSR count). The quantitative estimate of drug-likeness (QED) is 0.474. The molecule has 0 saturated carbocycles. The van der Waals surface area contributed by atoms with Crippen molar-refractivity contribution >= 4 is 33.9 Å². The lowest BCUT2D eigenvalue weighted by Crippen LogP contribution is -2.32. The third-order valence-electron chi connectivity index (χ3n) is 6.33. The molecule has 1 aromatic carbocycles. The van der Waals surface area contributed by atoms with Crippen molar-refractivity contribution in [3.8, 4) is 0 Å². The lowest BCUT2D eigenvalue weighted by atomic mass is 10.0. The minimum absolute atomic E-state index is 0.752. The van der Waals surface area contributed by atoms with E-state index in [0.29, 0.717) is 0 Å². The predicted molar refractivity (Wildman–Crippen MR) is 123 cm³/mol. The lowest BCUT2D eigenvalue weighted by molar-refractivity contribution is 0.688. The molecule has 1 N–H and O–H groups in total. The minimum atomic E-state index is 0.752. The molecular formula is C23H23N9. The topological polar surface area (TPSA) is 89.1 Å². The number of para-hydroxylation sites is 1. The number of anilines is 3. The number of nitrogens with one attached hydrogen (secondary N) is 1. The first-order chi connectivity index (χ1) is 15.6. The van der Waals surface area contributed by atoms with Gasteiger partial charge in [-0.1, -0.05) is 12.1 Å². The van der Waals surface area contributed by atoms with Crippen molar-refractivity contribution in [3.63, 3.8) is 0 Å². The normalized spacial score (nSPS) is 13.7. The minimum Gasteiger partial charge on any atom is -0.350 e. The summed E-state index contributed by atoms with van der Waals surface area (Å²) in [5.74, 6) is 1.80. The molecule has 0 bridgehead atoms. The Balaban J connectivity index is 1.33. The van der Waals surface area contributed by atoms with E-state index in [-0.39, 0.29) is 0 Å². The van der Waals surface area contributed by atoms with Gasteiger partial charge in [0.2, 0.25) is 0 Å². The Morgan fingerprint density at radius 2 is 1.94 bits per heavy atom. The molecule has 0 saturated heterocycles. The first-order valence-corrected chi connectivity index (χ1v) is 10.7. The summed E-state index contributed by atoms with van der Waals surface area (Å²) in [7, 11) is 1.96. The molecule has 5 aromatic rings. The average Bonchev–Trinajstić information content (AvgIpc) is 3.41. The Morgan fingerprint density at radius 3 is 2.84 bits per heavy atom. The molecule has 0 fully saturated rings. The first-order valence-electron chi connectivity index (χ1n) is 10.7. The van der Waals surface area contributed by atoms with Crippen LogP contribution >= 0.6 is 0 Å². The van der Waals surface area contributed by atoms with Crippen LogP contribution in [0.4, 0.5) is 17.3 Å². The largest absolute Gasteiger partial charge is 0.350 e. The third-order valence-corrected chi connectivity index (χ3v) is 6.33. The van der Waals surface area contributed by atoms with Crippen LogP contribution in [-0.4, -0.2) is 41.1 Å². The summed E-state index contributed by atoms with van der Waals surface area (Å²) in [4.78, 5) is 7.05. The first kappa shape index (κ1) is 18.7. The van der Waals surface area contributed by atoms with E-state index in [0.717, 1.165) is 70.2 Å². The molecule has 0 radical (unpaired) electrons. The maximum absolute atomic E-state index is 4.79. The van der Waals surface area contributed by atoms with Gasteiger partial charge in [0.15, 0.2) is 17.3 Å². The van der Waals surface area contributed by atoms with Crippen LogP contribution in [0.2, 0.25) is 0 Å². The van der Waals surface area contributed by atoms with Gasteiger partial charge in [0.1, 0.15) is 6.33 Å². The predicted octanol–water partition coefficient (Wildman–Crippen LogP) is 3.33. The third kappa shape index (κ3) is 2.89. The fourth-order valence-corrected chi connectivity index (χ4v) is 4.48. The number of benzene rings is 1. The van der Waals surface area contributed by atoms with E-state index in [4.69, 9.17) is 10.1 Å². The van der Waals surface area contributed by atoms with Crippen LogP contribution in [0.1, 0.15) is 22.4 Å². The highest BCUT2D eigenvalue weighted by Gasteiger charge is 2.23. The van der Waals surface area contributed by atoms with Crippen LogP contribution < -0.4 is 10.2 Å². The molecule has 4 aromatic heterocycles. The molecule has 9 nitrogen and oxygen atoms in total. The summed E-state index contributed by atoms with van der Waals surface area (Å²) in [6.07, 6.45) is 4.43. The highest BCUT2D eigenvalue weighted by atomic mass is 15.4. The summed E-state index contributed by atoms with van der Waals surface area (Å²) < 4.78 is 3.65. The van der Waals surface area contributed by atoms with Crippen molar-refractivity contribution in [1.29, 1.82) is 0 Å². The molecule has 0 aliphatic carbocycles. The van der Waals surface area contributed by atoms with Crippen molar-refractivity contribution in [1.82, 2.24) is 34.6 Å². The van der Waals surface area contributed by atoms with Crippen molar-refractivity contribution < 1.29 is 0 Å². The van der Waals surface area contributed by atoms with Crippen molar-refractivity contribution in [2.24, 2.45) is 7.05 Å². The van der Waals surface area contributed by atoms with E-state index in [1.165, 1.54) is 5.56 Å². The SMILES string of the molecule is Cc1c(N2CCc3ncc(Nc4nn(C)c5ccccc45)cc3C2)nn2cnnc2c1C. The summed E-state index contributed by atoms with van der Waals surface area (Å²) >= 11 is 0. The number of aryl methyl sites for hydroxylation is 2. The van der Waals surface area contributed by atoms with Gasteiger partial charge in [0, 0.05) is 48.8 Å². The van der Waals surface area contributed by atoms with E-state index in [1.807, 2.05) is 30.1 Å². The fraction of sp³-hybridized carbons (Fsp3) is 0.261. The maximum atomic E-state index is 4.79. The Morgan fingerprint density at radius 1 is 1.06 bits per heavy atom. The summed E-state index contributed by atoms with van der Waals surface area (Å²) in [5, 5.41) is 22.2. The number of rotatable bonds is 3. The van der Waals surface area contributed by atoms with E-state index in [1.54, 1.807) is 10.8 Å². The molecule has 9 heteroatoms. The Bertz CT molecular complexity index is 1480. The lowest BCUT2D eigenvalue weighted by Gasteiger charge is -2.30. The van der Waals surface area contributed by atoms with Gasteiger partial charge >= 0.3 is 0 Å². The van der Waals surface area contributed by atoms with E-state index in [9.17, 15) is 0 Å². The Labute approximate surface area is 184 Å². The van der Waals surface area contributed by atoms with Crippen LogP contribution in [0.5, 0.6) is 0 Å². The molecule has 0 amide bonds. The zero-order valence-electron chi connectivity index (χ0n) is 18.2. The number of aromatic nitrogens is 7. The number of hydrogen-bond acceptors (Lipinski definition) is 7. The second-order valence-electron chi connectivity index (χ2n) is 8.29. The standard InChI is InChI=1S/C23H23N9/c1-14-15(2)23(29-32-13-25-27-22(14)32)31-9-8-19-16(12-31)10-17(11-24-19)26-21-18-6-4-5-7-20(18)30(3)28-21/h4-7,10-11,13H,8-9,12H2,1-3H3,(H,26,28). The van der Waals surface area contributed by atoms with Crippen LogP contribution in [0.15, 0.2) is 42.9 Å². The van der Waals surface area contributed by atoms with Crippen LogP contribution in [0.25, 0.3) is 16.6 Å². The summed E-state index contributed by atoms with van der Waals surface area (Å²) in [5.41, 5.74) is 7.41. The van der Waals surface area contributed by atoms with Gasteiger partial charge in [-0.3, -0.25) is 9.67 Å². The smallest absolute Gasteiger partial charge is 0.180 e. The zero-order chi connectivity index (χ0) is 21.8. The average molecular weight is 426 g/mol. The van der Waals surface area contributed by atoms with Gasteiger partial charge in [0.25, 0.3) is 0 Å². The zero-order valence-corrected chi connectivity index (χ0v) is 18.2. The monoisotopic (exact) mass is 425 g/mol. The van der Waals surface area contributed by atoms with Gasteiger partial charge in [-0.2, -0.15) is 9.61 Å². The van der Waals surface area contributed by atoms with E-state index < -0.39 is 0 Å². The highest BCUT2D eigenvalue weighted by molar-refractivity contribution is 5.91. The molecule has 160 valence electrons. The van der Waals surface area contributed by atoms with E-state index >= 15 is 0 Å². The Hall–Kier alpha value is -4.01. The van der Waals surface area contributed by atoms with Gasteiger partial charge in [-0.05, 0) is 37.6 Å². The van der Waals surface area contributed by atoms with Gasteiger partial charge in [-0.15, -0.1) is 15.3 Å². The number of pyridine rings is 1.